The molecule has 0 spiro atoms. The van der Waals surface area contributed by atoms with Crippen LogP contribution in [0.15, 0.2) is 6.20 Å². The number of carbonyl (C=O) groups excluding carboxylic acids is 1. The quantitative estimate of drug-likeness (QED) is 0.884. The van der Waals surface area contributed by atoms with Gasteiger partial charge < -0.3 is 10.0 Å². The maximum absolute atomic E-state index is 12.3. The molecule has 1 saturated heterocycles. The number of urea groups is 1. The molecule has 6 nitrogen and oxygen atoms in total. The summed E-state index contributed by atoms with van der Waals surface area (Å²) < 4.78 is 0. The van der Waals surface area contributed by atoms with E-state index in [-0.39, 0.29) is 11.9 Å². The molecule has 0 radical (unpaired) electrons. The number of piperidine rings is 1. The monoisotopic (exact) mass is 337 g/mol. The largest absolute Gasteiger partial charge is 0.481 e. The third-order valence-electron chi connectivity index (χ3n) is 4.88. The van der Waals surface area contributed by atoms with Crippen molar-refractivity contribution in [1.82, 2.24) is 9.88 Å². The summed E-state index contributed by atoms with van der Waals surface area (Å²) in [5.41, 5.74) is 0. The average Bonchev–Trinajstić information content (AvgIpc) is 3.04. The van der Waals surface area contributed by atoms with Crippen LogP contribution < -0.4 is 5.32 Å². The summed E-state index contributed by atoms with van der Waals surface area (Å²) in [5, 5.41) is 12.5. The Morgan fingerprint density at radius 2 is 1.87 bits per heavy atom. The van der Waals surface area contributed by atoms with Gasteiger partial charge in [0.2, 0.25) is 0 Å². The third-order valence-corrected chi connectivity index (χ3v) is 5.95. The Morgan fingerprint density at radius 1 is 1.17 bits per heavy atom. The van der Waals surface area contributed by atoms with Crippen molar-refractivity contribution in [1.29, 1.82) is 0 Å². The Labute approximate surface area is 139 Å². The van der Waals surface area contributed by atoms with E-state index in [9.17, 15) is 9.59 Å². The number of carboxylic acid groups (broad SMARTS) is 1. The normalized spacial score (nSPS) is 20.4. The van der Waals surface area contributed by atoms with Crippen LogP contribution >= 0.6 is 11.3 Å². The Kier molecular flexibility index (Phi) is 5.15. The minimum absolute atomic E-state index is 0.168. The topological polar surface area (TPSA) is 82.5 Å². The van der Waals surface area contributed by atoms with Gasteiger partial charge in [-0.1, -0.05) is 19.3 Å². The van der Waals surface area contributed by atoms with E-state index < -0.39 is 5.97 Å². The molecule has 0 bridgehead atoms. The second kappa shape index (κ2) is 7.29. The van der Waals surface area contributed by atoms with Gasteiger partial charge in [0.15, 0.2) is 5.13 Å². The predicted molar refractivity (Wildman–Crippen MR) is 88.9 cm³/mol. The first-order chi connectivity index (χ1) is 11.1. The summed E-state index contributed by atoms with van der Waals surface area (Å²) in [4.78, 5) is 30.5. The zero-order valence-corrected chi connectivity index (χ0v) is 14.0. The molecule has 2 N–H and O–H groups in total. The molecule has 0 unspecified atom stereocenters. The molecule has 2 heterocycles. The van der Waals surface area contributed by atoms with Gasteiger partial charge in [0.25, 0.3) is 0 Å². The molecule has 2 fully saturated rings. The second-order valence-corrected chi connectivity index (χ2v) is 7.49. The highest BCUT2D eigenvalue weighted by Crippen LogP contribution is 2.36. The Morgan fingerprint density at radius 3 is 2.52 bits per heavy atom. The number of aromatic nitrogens is 1. The molecular weight excluding hydrogens is 314 g/mol. The maximum Gasteiger partial charge on any atom is 0.323 e. The number of carbonyl (C=O) groups is 2. The number of hydrogen-bond acceptors (Lipinski definition) is 4. The van der Waals surface area contributed by atoms with E-state index in [1.165, 1.54) is 37.0 Å². The van der Waals surface area contributed by atoms with E-state index in [0.29, 0.717) is 37.0 Å². The van der Waals surface area contributed by atoms with Crippen LogP contribution in [-0.2, 0) is 4.79 Å². The molecule has 1 saturated carbocycles. The Hall–Kier alpha value is -1.63. The smallest absolute Gasteiger partial charge is 0.323 e. The fourth-order valence-corrected chi connectivity index (χ4v) is 4.40. The van der Waals surface area contributed by atoms with E-state index in [4.69, 9.17) is 5.11 Å². The van der Waals surface area contributed by atoms with Crippen LogP contribution in [0.2, 0.25) is 0 Å². The van der Waals surface area contributed by atoms with Gasteiger partial charge in [0.1, 0.15) is 0 Å². The number of hydrogen-bond donors (Lipinski definition) is 2. The molecule has 2 amide bonds. The molecule has 0 aromatic carbocycles. The van der Waals surface area contributed by atoms with E-state index in [1.807, 2.05) is 6.20 Å². The standard InChI is InChI=1S/C16H23N3O3S/c20-14(21)12-6-8-19(9-7-12)16(22)18-15-17-10-13(23-15)11-4-2-1-3-5-11/h10-12H,1-9H2,(H,20,21)(H,17,18,22). The second-order valence-electron chi connectivity index (χ2n) is 6.43. The molecule has 1 aromatic heterocycles. The van der Waals surface area contributed by atoms with Crippen LogP contribution in [-0.4, -0.2) is 40.1 Å². The summed E-state index contributed by atoms with van der Waals surface area (Å²) in [6.45, 7) is 0.979. The van der Waals surface area contributed by atoms with Gasteiger partial charge in [-0.15, -0.1) is 11.3 Å². The number of nitrogens with one attached hydrogen (secondary N) is 1. The van der Waals surface area contributed by atoms with E-state index in [1.54, 1.807) is 16.2 Å². The van der Waals surface area contributed by atoms with Crippen molar-refractivity contribution in [2.45, 2.75) is 50.9 Å². The van der Waals surface area contributed by atoms with Crippen LogP contribution in [0.3, 0.4) is 0 Å². The average molecular weight is 337 g/mol. The molecule has 2 aliphatic rings. The number of amides is 2. The summed E-state index contributed by atoms with van der Waals surface area (Å²) in [5.74, 6) is -0.489. The lowest BCUT2D eigenvalue weighted by Gasteiger charge is -2.29. The zero-order valence-electron chi connectivity index (χ0n) is 13.2. The van der Waals surface area contributed by atoms with Crippen molar-refractivity contribution in [3.05, 3.63) is 11.1 Å². The minimum atomic E-state index is -0.762. The lowest BCUT2D eigenvalue weighted by Crippen LogP contribution is -2.42. The van der Waals surface area contributed by atoms with Crippen molar-refractivity contribution in [3.8, 4) is 0 Å². The molecule has 1 aliphatic carbocycles. The molecular formula is C16H23N3O3S. The van der Waals surface area contributed by atoms with Gasteiger partial charge in [-0.05, 0) is 31.6 Å². The lowest BCUT2D eigenvalue weighted by molar-refractivity contribution is -0.143. The van der Waals surface area contributed by atoms with Gasteiger partial charge in [-0.25, -0.2) is 9.78 Å². The highest BCUT2D eigenvalue weighted by molar-refractivity contribution is 7.15. The molecule has 1 aromatic rings. The van der Waals surface area contributed by atoms with E-state index in [0.717, 1.165) is 0 Å². The number of nitrogens with zero attached hydrogens (tertiary/aromatic N) is 2. The fourth-order valence-electron chi connectivity index (χ4n) is 3.42. The van der Waals surface area contributed by atoms with Crippen LogP contribution in [0.5, 0.6) is 0 Å². The van der Waals surface area contributed by atoms with Crippen molar-refractivity contribution >= 4 is 28.5 Å². The number of carboxylic acids is 1. The molecule has 7 heteroatoms. The van der Waals surface area contributed by atoms with Crippen molar-refractivity contribution in [2.24, 2.45) is 5.92 Å². The van der Waals surface area contributed by atoms with E-state index >= 15 is 0 Å². The number of thiazole rings is 1. The lowest BCUT2D eigenvalue weighted by atomic mass is 9.89. The van der Waals surface area contributed by atoms with Crippen molar-refractivity contribution < 1.29 is 14.7 Å². The highest BCUT2D eigenvalue weighted by atomic mass is 32.1. The molecule has 126 valence electrons. The number of rotatable bonds is 3. The Bertz CT molecular complexity index is 561. The molecule has 1 aliphatic heterocycles. The van der Waals surface area contributed by atoms with Gasteiger partial charge in [-0.2, -0.15) is 0 Å². The SMILES string of the molecule is O=C(O)C1CCN(C(=O)Nc2ncc(C3CCCCC3)s2)CC1. The molecule has 3 rings (SSSR count). The Balaban J connectivity index is 1.52. The summed E-state index contributed by atoms with van der Waals surface area (Å²) in [7, 11) is 0. The first kappa shape index (κ1) is 16.2. The summed E-state index contributed by atoms with van der Waals surface area (Å²) in [6.07, 6.45) is 9.27. The maximum atomic E-state index is 12.3. The zero-order chi connectivity index (χ0) is 16.2. The van der Waals surface area contributed by atoms with Gasteiger partial charge in [0.05, 0.1) is 5.92 Å². The van der Waals surface area contributed by atoms with E-state index in [2.05, 4.69) is 10.3 Å². The van der Waals surface area contributed by atoms with Gasteiger partial charge >= 0.3 is 12.0 Å². The van der Waals surface area contributed by atoms with Crippen molar-refractivity contribution in [3.63, 3.8) is 0 Å². The molecule has 23 heavy (non-hydrogen) atoms. The van der Waals surface area contributed by atoms with Gasteiger partial charge in [-0.3, -0.25) is 10.1 Å². The first-order valence-electron chi connectivity index (χ1n) is 8.38. The number of anilines is 1. The minimum Gasteiger partial charge on any atom is -0.481 e. The number of likely N-dealkylation sites (tertiary alicyclic amines) is 1. The first-order valence-corrected chi connectivity index (χ1v) is 9.19. The van der Waals surface area contributed by atoms with Gasteiger partial charge in [0, 0.05) is 24.2 Å². The van der Waals surface area contributed by atoms with Crippen LogP contribution in [0, 0.1) is 5.92 Å². The van der Waals surface area contributed by atoms with Crippen molar-refractivity contribution in [2.75, 3.05) is 18.4 Å². The predicted octanol–water partition coefficient (Wildman–Crippen LogP) is 3.52. The van der Waals surface area contributed by atoms with Crippen LogP contribution in [0.1, 0.15) is 55.7 Å². The van der Waals surface area contributed by atoms with Crippen LogP contribution in [0.4, 0.5) is 9.93 Å². The molecule has 0 atom stereocenters. The third kappa shape index (κ3) is 4.02. The highest BCUT2D eigenvalue weighted by Gasteiger charge is 2.27. The van der Waals surface area contributed by atoms with Crippen LogP contribution in [0.25, 0.3) is 0 Å². The fraction of sp³-hybridized carbons (Fsp3) is 0.688. The summed E-state index contributed by atoms with van der Waals surface area (Å²) >= 11 is 1.57. The number of aliphatic carboxylic acids is 1. The summed E-state index contributed by atoms with van der Waals surface area (Å²) in [6, 6.07) is -0.168.